The third kappa shape index (κ3) is 4.30. The highest BCUT2D eigenvalue weighted by atomic mass is 16.7. The number of benzene rings is 1. The molecule has 1 unspecified atom stereocenters. The van der Waals surface area contributed by atoms with Crippen LogP contribution in [0.3, 0.4) is 0 Å². The van der Waals surface area contributed by atoms with Crippen LogP contribution >= 0.6 is 0 Å². The van der Waals surface area contributed by atoms with Crippen LogP contribution in [0.15, 0.2) is 47.7 Å². The van der Waals surface area contributed by atoms with E-state index in [1.807, 2.05) is 42.3 Å². The summed E-state index contributed by atoms with van der Waals surface area (Å²) in [5, 5.41) is 1.57. The molecule has 2 aliphatic rings. The number of ether oxygens (including phenoxy) is 2. The van der Waals surface area contributed by atoms with E-state index >= 15 is 0 Å². The van der Waals surface area contributed by atoms with Gasteiger partial charge >= 0.3 is 0 Å². The number of hydrogen-bond acceptors (Lipinski definition) is 5. The van der Waals surface area contributed by atoms with E-state index in [4.69, 9.17) is 14.3 Å². The molecule has 0 N–H and O–H groups in total. The highest BCUT2D eigenvalue weighted by Crippen LogP contribution is 2.23. The summed E-state index contributed by atoms with van der Waals surface area (Å²) in [5.41, 5.74) is 2.28. The predicted octanol–water partition coefficient (Wildman–Crippen LogP) is 2.62. The fourth-order valence-corrected chi connectivity index (χ4v) is 2.65. The molecule has 0 bridgehead atoms. The van der Waals surface area contributed by atoms with E-state index in [1.165, 1.54) is 0 Å². The van der Waals surface area contributed by atoms with E-state index in [1.54, 1.807) is 5.06 Å². The third-order valence-electron chi connectivity index (χ3n) is 3.95. The minimum atomic E-state index is -0.170. The van der Waals surface area contributed by atoms with Gasteiger partial charge in [0.05, 0.1) is 19.8 Å². The molecular formula is C18H21NO4. The van der Waals surface area contributed by atoms with Gasteiger partial charge in [0.25, 0.3) is 0 Å². The van der Waals surface area contributed by atoms with Crippen LogP contribution in [0.25, 0.3) is 0 Å². The third-order valence-corrected chi connectivity index (χ3v) is 3.95. The molecule has 1 saturated heterocycles. The van der Waals surface area contributed by atoms with Crippen molar-refractivity contribution < 1.29 is 19.1 Å². The molecule has 23 heavy (non-hydrogen) atoms. The molecule has 0 amide bonds. The minimum Gasteiger partial charge on any atom is -0.353 e. The van der Waals surface area contributed by atoms with Gasteiger partial charge in [-0.3, -0.25) is 4.84 Å². The van der Waals surface area contributed by atoms with E-state index < -0.39 is 0 Å². The Labute approximate surface area is 136 Å². The van der Waals surface area contributed by atoms with Gasteiger partial charge in [-0.2, -0.15) is 0 Å². The molecule has 0 radical (unpaired) electrons. The molecule has 0 saturated carbocycles. The first-order valence-electron chi connectivity index (χ1n) is 7.99. The predicted molar refractivity (Wildman–Crippen MR) is 84.8 cm³/mol. The second kappa shape index (κ2) is 8.09. The van der Waals surface area contributed by atoms with Gasteiger partial charge in [-0.15, -0.1) is 0 Å². The second-order valence-electron chi connectivity index (χ2n) is 5.61. The van der Waals surface area contributed by atoms with Crippen molar-refractivity contribution in [3.05, 3.63) is 53.2 Å². The van der Waals surface area contributed by atoms with Crippen molar-refractivity contribution in [2.24, 2.45) is 0 Å². The molecule has 122 valence electrons. The monoisotopic (exact) mass is 315 g/mol. The van der Waals surface area contributed by atoms with Crippen molar-refractivity contribution in [1.82, 2.24) is 5.06 Å². The van der Waals surface area contributed by atoms with Gasteiger partial charge in [0.1, 0.15) is 0 Å². The van der Waals surface area contributed by atoms with Crippen molar-refractivity contribution in [2.45, 2.75) is 32.2 Å². The molecule has 0 aromatic heterocycles. The van der Waals surface area contributed by atoms with Crippen molar-refractivity contribution in [3.8, 4) is 0 Å². The summed E-state index contributed by atoms with van der Waals surface area (Å²) in [6.45, 7) is 2.04. The lowest BCUT2D eigenvalue weighted by Crippen LogP contribution is -2.24. The maximum Gasteiger partial charge on any atom is 0.158 e. The molecule has 2 heterocycles. The maximum absolute atomic E-state index is 11.3. The van der Waals surface area contributed by atoms with Crippen LogP contribution in [0.1, 0.15) is 24.8 Å². The summed E-state index contributed by atoms with van der Waals surface area (Å²) in [4.78, 5) is 17.0. The summed E-state index contributed by atoms with van der Waals surface area (Å²) >= 11 is 0. The van der Waals surface area contributed by atoms with Gasteiger partial charge in [0.2, 0.25) is 0 Å². The van der Waals surface area contributed by atoms with Crippen LogP contribution in [0.2, 0.25) is 0 Å². The molecule has 2 aliphatic heterocycles. The van der Waals surface area contributed by atoms with E-state index in [0.717, 1.165) is 37.0 Å². The summed E-state index contributed by atoms with van der Waals surface area (Å²) < 4.78 is 11.3. The Hall–Kier alpha value is -1.91. The van der Waals surface area contributed by atoms with Crippen molar-refractivity contribution in [3.63, 3.8) is 0 Å². The van der Waals surface area contributed by atoms with Crippen LogP contribution < -0.4 is 0 Å². The topological polar surface area (TPSA) is 48.0 Å². The molecule has 1 aromatic rings. The highest BCUT2D eigenvalue weighted by molar-refractivity contribution is 5.61. The van der Waals surface area contributed by atoms with Gasteiger partial charge in [-0.25, -0.2) is 9.86 Å². The zero-order chi connectivity index (χ0) is 15.9. The van der Waals surface area contributed by atoms with E-state index in [2.05, 4.69) is 0 Å². The molecule has 3 rings (SSSR count). The number of nitrogens with zero attached hydrogens (tertiary/aromatic N) is 1. The molecule has 0 aliphatic carbocycles. The molecule has 1 aromatic carbocycles. The zero-order valence-corrected chi connectivity index (χ0v) is 13.1. The Morgan fingerprint density at radius 1 is 1.22 bits per heavy atom. The lowest BCUT2D eigenvalue weighted by molar-refractivity contribution is -0.158. The second-order valence-corrected chi connectivity index (χ2v) is 5.61. The van der Waals surface area contributed by atoms with E-state index in [9.17, 15) is 4.79 Å². The van der Waals surface area contributed by atoms with Gasteiger partial charge in [0, 0.05) is 12.2 Å². The molecule has 0 spiro atoms. The summed E-state index contributed by atoms with van der Waals surface area (Å²) in [6.07, 6.45) is 4.88. The van der Waals surface area contributed by atoms with Crippen LogP contribution in [0, 0.1) is 0 Å². The Bertz CT molecular complexity index is 586. The Morgan fingerprint density at radius 2 is 2.09 bits per heavy atom. The fourth-order valence-electron chi connectivity index (χ4n) is 2.65. The Morgan fingerprint density at radius 3 is 2.83 bits per heavy atom. The number of hydrogen-bond donors (Lipinski definition) is 0. The van der Waals surface area contributed by atoms with Crippen LogP contribution in [-0.4, -0.2) is 37.1 Å². The highest BCUT2D eigenvalue weighted by Gasteiger charge is 2.24. The molecule has 5 heteroatoms. The van der Waals surface area contributed by atoms with Crippen molar-refractivity contribution in [1.29, 1.82) is 0 Å². The number of hydroxylamine groups is 2. The molecule has 1 fully saturated rings. The van der Waals surface area contributed by atoms with Crippen molar-refractivity contribution in [2.75, 3.05) is 19.8 Å². The SMILES string of the molecule is O=C=C1C(COC2CCCCO2)=CCN1OCc1ccccc1. The first-order chi connectivity index (χ1) is 11.4. The van der Waals surface area contributed by atoms with Crippen LogP contribution in [0.4, 0.5) is 0 Å². The molecule has 1 atom stereocenters. The average Bonchev–Trinajstić information content (AvgIpc) is 3.02. The average molecular weight is 315 g/mol. The molecule has 5 nitrogen and oxygen atoms in total. The zero-order valence-electron chi connectivity index (χ0n) is 13.1. The fraction of sp³-hybridized carbons (Fsp3) is 0.444. The van der Waals surface area contributed by atoms with Crippen LogP contribution in [0.5, 0.6) is 0 Å². The van der Waals surface area contributed by atoms with E-state index in [-0.39, 0.29) is 6.29 Å². The lowest BCUT2D eigenvalue weighted by atomic mass is 10.2. The quantitative estimate of drug-likeness (QED) is 0.755. The standard InChI is InChI=1S/C18H21NO4/c20-12-17-16(14-22-18-8-4-5-11-21-18)9-10-19(17)23-13-15-6-2-1-3-7-15/h1-3,6-7,9,18H,4-5,8,10-11,13-14H2. The Balaban J connectivity index is 1.50. The number of rotatable bonds is 6. The van der Waals surface area contributed by atoms with Gasteiger partial charge in [0.15, 0.2) is 17.9 Å². The summed E-state index contributed by atoms with van der Waals surface area (Å²) in [6, 6.07) is 9.85. The normalized spacial score (nSPS) is 21.2. The van der Waals surface area contributed by atoms with Gasteiger partial charge in [-0.05, 0) is 24.8 Å². The summed E-state index contributed by atoms with van der Waals surface area (Å²) in [7, 11) is 0. The van der Waals surface area contributed by atoms with Gasteiger partial charge < -0.3 is 9.47 Å². The maximum atomic E-state index is 11.3. The molecular weight excluding hydrogens is 294 g/mol. The number of carbonyl (C=O) groups excluding carboxylic acids is 1. The van der Waals surface area contributed by atoms with Crippen LogP contribution in [-0.2, 0) is 25.7 Å². The first-order valence-corrected chi connectivity index (χ1v) is 7.99. The van der Waals surface area contributed by atoms with Gasteiger partial charge in [-0.1, -0.05) is 36.4 Å². The lowest BCUT2D eigenvalue weighted by Gasteiger charge is -2.23. The van der Waals surface area contributed by atoms with E-state index in [0.29, 0.717) is 25.5 Å². The van der Waals surface area contributed by atoms with Crippen molar-refractivity contribution >= 4 is 5.94 Å². The first kappa shape index (κ1) is 16.0. The minimum absolute atomic E-state index is 0.170. The largest absolute Gasteiger partial charge is 0.353 e. The smallest absolute Gasteiger partial charge is 0.158 e. The summed E-state index contributed by atoms with van der Waals surface area (Å²) in [5.74, 6) is 1.97. The Kier molecular flexibility index (Phi) is 5.61.